The lowest BCUT2D eigenvalue weighted by Crippen LogP contribution is -2.38. The molecular formula is C26H23N3O6S. The van der Waals surface area contributed by atoms with Gasteiger partial charge in [-0.05, 0) is 54.7 Å². The van der Waals surface area contributed by atoms with Crippen molar-refractivity contribution >= 4 is 57.3 Å². The van der Waals surface area contributed by atoms with E-state index in [-0.39, 0.29) is 30.0 Å². The molecule has 0 bridgehead atoms. The first-order valence-electron chi connectivity index (χ1n) is 11.6. The van der Waals surface area contributed by atoms with Crippen LogP contribution in [-0.2, 0) is 20.7 Å². The first-order chi connectivity index (χ1) is 17.5. The van der Waals surface area contributed by atoms with E-state index in [1.165, 1.54) is 0 Å². The number of carbonyl (C=O) groups excluding carboxylic acids is 4. The molecule has 3 heterocycles. The number of para-hydroxylation sites is 1. The zero-order valence-electron chi connectivity index (χ0n) is 19.3. The van der Waals surface area contributed by atoms with Gasteiger partial charge in [0.2, 0.25) is 5.91 Å². The number of rotatable bonds is 7. The van der Waals surface area contributed by atoms with Crippen LogP contribution in [0.15, 0.2) is 47.1 Å². The van der Waals surface area contributed by atoms with E-state index in [1.807, 2.05) is 42.5 Å². The topological polar surface area (TPSA) is 119 Å². The highest BCUT2D eigenvalue weighted by molar-refractivity contribution is 8.14. The molecule has 0 saturated carbocycles. The second kappa shape index (κ2) is 10.4. The minimum absolute atomic E-state index is 0.0810. The number of hydrogen-bond donors (Lipinski definition) is 1. The number of esters is 1. The Balaban J connectivity index is 1.33. The molecule has 0 atom stereocenters. The van der Waals surface area contributed by atoms with E-state index in [9.17, 15) is 19.2 Å². The SMILES string of the molecule is O=C(COC(=O)c1c2c(nc3ccccc13)/C(=C\c1ccco1)CCC2)NCCN1C(=O)CSC1=O. The summed E-state index contributed by atoms with van der Waals surface area (Å²) in [5.74, 6) is -0.557. The molecule has 0 spiro atoms. The number of furan rings is 1. The van der Waals surface area contributed by atoms with E-state index < -0.39 is 18.5 Å². The number of carbonyl (C=O) groups is 4. The first kappa shape index (κ1) is 23.8. The number of pyridine rings is 1. The number of nitrogens with zero attached hydrogens (tertiary/aromatic N) is 2. The summed E-state index contributed by atoms with van der Waals surface area (Å²) < 4.78 is 10.9. The number of aromatic nitrogens is 1. The van der Waals surface area contributed by atoms with Gasteiger partial charge >= 0.3 is 5.97 Å². The van der Waals surface area contributed by atoms with Crippen molar-refractivity contribution in [2.45, 2.75) is 19.3 Å². The fourth-order valence-electron chi connectivity index (χ4n) is 4.41. The van der Waals surface area contributed by atoms with Crippen molar-refractivity contribution in [1.29, 1.82) is 0 Å². The maximum absolute atomic E-state index is 13.3. The standard InChI is InChI=1S/C26H23N3O6S/c30-21(27-10-11-29-22(31)15-36-26(29)33)14-35-25(32)23-18-7-1-2-9-20(18)28-24-16(5-3-8-19(23)24)13-17-6-4-12-34-17/h1-2,4,6-7,9,12-13H,3,5,8,10-11,14-15H2,(H,27,30)/b16-13-. The van der Waals surface area contributed by atoms with Crippen molar-refractivity contribution in [2.75, 3.05) is 25.4 Å². The molecule has 9 nitrogen and oxygen atoms in total. The van der Waals surface area contributed by atoms with Crippen LogP contribution >= 0.6 is 11.8 Å². The van der Waals surface area contributed by atoms with Crippen LogP contribution in [0.3, 0.4) is 0 Å². The first-order valence-corrected chi connectivity index (χ1v) is 12.6. The highest BCUT2D eigenvalue weighted by atomic mass is 32.2. The van der Waals surface area contributed by atoms with Gasteiger partial charge in [0.25, 0.3) is 11.1 Å². The van der Waals surface area contributed by atoms with Gasteiger partial charge in [-0.25, -0.2) is 9.78 Å². The number of benzene rings is 1. The van der Waals surface area contributed by atoms with Crippen LogP contribution in [0, 0.1) is 0 Å². The summed E-state index contributed by atoms with van der Waals surface area (Å²) in [6, 6.07) is 11.0. The Morgan fingerprint density at radius 3 is 2.81 bits per heavy atom. The molecule has 1 aromatic carbocycles. The summed E-state index contributed by atoms with van der Waals surface area (Å²) in [5.41, 5.74) is 3.60. The van der Waals surface area contributed by atoms with Gasteiger partial charge < -0.3 is 14.5 Å². The number of fused-ring (bicyclic) bond motifs is 2. The molecule has 0 unspecified atom stereocenters. The van der Waals surface area contributed by atoms with Gasteiger partial charge in [0.1, 0.15) is 5.76 Å². The molecule has 5 rings (SSSR count). The van der Waals surface area contributed by atoms with Crippen molar-refractivity contribution in [1.82, 2.24) is 15.2 Å². The summed E-state index contributed by atoms with van der Waals surface area (Å²) in [7, 11) is 0. The Morgan fingerprint density at radius 2 is 2.03 bits per heavy atom. The average molecular weight is 506 g/mol. The summed E-state index contributed by atoms with van der Waals surface area (Å²) in [5, 5.41) is 2.93. The fourth-order valence-corrected chi connectivity index (χ4v) is 5.16. The van der Waals surface area contributed by atoms with Crippen molar-refractivity contribution in [3.8, 4) is 0 Å². The Labute approximate surface area is 210 Å². The quantitative estimate of drug-likeness (QED) is 0.483. The second-order valence-electron chi connectivity index (χ2n) is 8.40. The Bertz CT molecular complexity index is 1370. The second-order valence-corrected chi connectivity index (χ2v) is 9.32. The third-order valence-corrected chi connectivity index (χ3v) is 6.93. The van der Waals surface area contributed by atoms with Crippen molar-refractivity contribution in [3.05, 3.63) is 65.2 Å². The number of nitrogens with one attached hydrogen (secondary N) is 1. The molecule has 184 valence electrons. The van der Waals surface area contributed by atoms with Crippen LogP contribution < -0.4 is 5.32 Å². The zero-order chi connectivity index (χ0) is 25.1. The molecule has 1 N–H and O–H groups in total. The normalized spacial score (nSPS) is 16.4. The van der Waals surface area contributed by atoms with Crippen molar-refractivity contribution < 1.29 is 28.3 Å². The highest BCUT2D eigenvalue weighted by Crippen LogP contribution is 2.36. The van der Waals surface area contributed by atoms with Gasteiger partial charge in [-0.1, -0.05) is 30.0 Å². The molecular weight excluding hydrogens is 482 g/mol. The fraction of sp³-hybridized carbons (Fsp3) is 0.269. The minimum atomic E-state index is -0.597. The molecule has 0 radical (unpaired) electrons. The number of thioether (sulfide) groups is 1. The van der Waals surface area contributed by atoms with Gasteiger partial charge in [0.15, 0.2) is 6.61 Å². The monoisotopic (exact) mass is 505 g/mol. The van der Waals surface area contributed by atoms with Gasteiger partial charge in [-0.2, -0.15) is 0 Å². The molecule has 1 aliphatic carbocycles. The molecule has 3 aromatic rings. The average Bonchev–Trinajstić information content (AvgIpc) is 3.51. The number of allylic oxidation sites excluding steroid dienone is 1. The molecule has 2 aliphatic rings. The van der Waals surface area contributed by atoms with E-state index in [4.69, 9.17) is 14.1 Å². The van der Waals surface area contributed by atoms with E-state index in [2.05, 4.69) is 5.32 Å². The molecule has 36 heavy (non-hydrogen) atoms. The molecule has 3 amide bonds. The van der Waals surface area contributed by atoms with Gasteiger partial charge in [-0.3, -0.25) is 19.3 Å². The lowest BCUT2D eigenvalue weighted by Gasteiger charge is -2.22. The Hall–Kier alpha value is -3.92. The number of hydrogen-bond acceptors (Lipinski definition) is 8. The summed E-state index contributed by atoms with van der Waals surface area (Å²) >= 11 is 0.938. The van der Waals surface area contributed by atoms with Crippen LogP contribution in [0.1, 0.15) is 40.2 Å². The van der Waals surface area contributed by atoms with E-state index in [1.54, 1.807) is 6.26 Å². The van der Waals surface area contributed by atoms with Gasteiger partial charge in [0.05, 0.1) is 28.8 Å². The summed E-state index contributed by atoms with van der Waals surface area (Å²) in [4.78, 5) is 54.8. The third kappa shape index (κ3) is 4.90. The summed E-state index contributed by atoms with van der Waals surface area (Å²) in [6.45, 7) is -0.309. The maximum atomic E-state index is 13.3. The number of imide groups is 1. The molecule has 10 heteroatoms. The predicted molar refractivity (Wildman–Crippen MR) is 134 cm³/mol. The number of amides is 3. The van der Waals surface area contributed by atoms with Crippen molar-refractivity contribution in [3.63, 3.8) is 0 Å². The molecule has 2 aromatic heterocycles. The Kier molecular flexibility index (Phi) is 6.86. The minimum Gasteiger partial charge on any atom is -0.465 e. The number of ether oxygens (including phenoxy) is 1. The lowest BCUT2D eigenvalue weighted by molar-refractivity contribution is -0.126. The lowest BCUT2D eigenvalue weighted by atomic mass is 9.86. The van der Waals surface area contributed by atoms with Crippen LogP contribution in [0.25, 0.3) is 22.6 Å². The van der Waals surface area contributed by atoms with Gasteiger partial charge in [-0.15, -0.1) is 0 Å². The highest BCUT2D eigenvalue weighted by Gasteiger charge is 2.29. The molecule has 1 aliphatic heterocycles. The van der Waals surface area contributed by atoms with E-state index in [0.717, 1.165) is 46.3 Å². The largest absolute Gasteiger partial charge is 0.465 e. The zero-order valence-corrected chi connectivity index (χ0v) is 20.1. The van der Waals surface area contributed by atoms with Crippen LogP contribution in [-0.4, -0.2) is 58.4 Å². The molecule has 1 fully saturated rings. The van der Waals surface area contributed by atoms with Gasteiger partial charge in [0, 0.05) is 18.5 Å². The summed E-state index contributed by atoms with van der Waals surface area (Å²) in [6.07, 6.45) is 5.85. The van der Waals surface area contributed by atoms with Crippen LogP contribution in [0.2, 0.25) is 0 Å². The van der Waals surface area contributed by atoms with Crippen molar-refractivity contribution in [2.24, 2.45) is 0 Å². The van der Waals surface area contributed by atoms with Crippen LogP contribution in [0.4, 0.5) is 4.79 Å². The smallest absolute Gasteiger partial charge is 0.339 e. The Morgan fingerprint density at radius 1 is 1.17 bits per heavy atom. The maximum Gasteiger partial charge on any atom is 0.339 e. The third-order valence-electron chi connectivity index (χ3n) is 6.07. The molecule has 1 saturated heterocycles. The van der Waals surface area contributed by atoms with E-state index >= 15 is 0 Å². The van der Waals surface area contributed by atoms with E-state index in [0.29, 0.717) is 28.6 Å². The predicted octanol–water partition coefficient (Wildman–Crippen LogP) is 3.67. The van der Waals surface area contributed by atoms with Crippen LogP contribution in [0.5, 0.6) is 0 Å².